The van der Waals surface area contributed by atoms with Gasteiger partial charge in [0.1, 0.15) is 12.3 Å². The van der Waals surface area contributed by atoms with Crippen molar-refractivity contribution in [2.75, 3.05) is 24.2 Å². The van der Waals surface area contributed by atoms with Crippen LogP contribution in [0.3, 0.4) is 0 Å². The van der Waals surface area contributed by atoms with Crippen molar-refractivity contribution in [1.29, 1.82) is 0 Å². The Morgan fingerprint density at radius 3 is 2.42 bits per heavy atom. The van der Waals surface area contributed by atoms with E-state index in [2.05, 4.69) is 5.32 Å². The Labute approximate surface area is 158 Å². The van der Waals surface area contributed by atoms with Crippen molar-refractivity contribution in [1.82, 2.24) is 5.32 Å². The van der Waals surface area contributed by atoms with Crippen LogP contribution in [0.15, 0.2) is 42.5 Å². The van der Waals surface area contributed by atoms with Crippen LogP contribution in [0.1, 0.15) is 11.1 Å². The molecule has 0 aliphatic rings. The van der Waals surface area contributed by atoms with Gasteiger partial charge in [-0.3, -0.25) is 9.10 Å². The summed E-state index contributed by atoms with van der Waals surface area (Å²) in [7, 11) is -2.07. The molecule has 0 atom stereocenters. The topological polar surface area (TPSA) is 75.7 Å². The van der Waals surface area contributed by atoms with Crippen molar-refractivity contribution in [3.8, 4) is 5.75 Å². The molecule has 0 heterocycles. The third-order valence-corrected chi connectivity index (χ3v) is 5.38. The number of hydrogen-bond acceptors (Lipinski definition) is 4. The molecule has 0 radical (unpaired) electrons. The number of sulfonamides is 1. The van der Waals surface area contributed by atoms with Crippen LogP contribution in [-0.4, -0.2) is 34.2 Å². The number of carbonyl (C=O) groups is 1. The van der Waals surface area contributed by atoms with Gasteiger partial charge in [-0.25, -0.2) is 8.42 Å². The summed E-state index contributed by atoms with van der Waals surface area (Å²) in [6.07, 6.45) is 1.06. The van der Waals surface area contributed by atoms with E-state index >= 15 is 0 Å². The molecule has 0 aliphatic heterocycles. The van der Waals surface area contributed by atoms with Crippen molar-refractivity contribution in [3.63, 3.8) is 0 Å². The largest absolute Gasteiger partial charge is 0.497 e. The van der Waals surface area contributed by atoms with Crippen LogP contribution in [0.25, 0.3) is 0 Å². The fourth-order valence-electron chi connectivity index (χ4n) is 2.38. The van der Waals surface area contributed by atoms with Crippen LogP contribution in [0.4, 0.5) is 5.69 Å². The lowest BCUT2D eigenvalue weighted by Gasteiger charge is -2.24. The maximum atomic E-state index is 12.3. The van der Waals surface area contributed by atoms with E-state index in [1.165, 1.54) is 0 Å². The van der Waals surface area contributed by atoms with E-state index < -0.39 is 15.9 Å². The Hall–Kier alpha value is -2.25. The number of ether oxygens (including phenoxy) is 1. The number of anilines is 1. The highest BCUT2D eigenvalue weighted by Gasteiger charge is 2.22. The van der Waals surface area contributed by atoms with Crippen LogP contribution in [0, 0.1) is 6.92 Å². The normalized spacial score (nSPS) is 11.1. The van der Waals surface area contributed by atoms with Crippen molar-refractivity contribution in [2.24, 2.45) is 0 Å². The maximum Gasteiger partial charge on any atom is 0.241 e. The zero-order chi connectivity index (χ0) is 19.3. The molecule has 0 bridgehead atoms. The molecule has 0 aliphatic carbocycles. The molecule has 0 saturated carbocycles. The molecule has 0 aromatic heterocycles. The summed E-state index contributed by atoms with van der Waals surface area (Å²) in [6.45, 7) is 1.68. The second-order valence-electron chi connectivity index (χ2n) is 5.78. The predicted molar refractivity (Wildman–Crippen MR) is 103 cm³/mol. The van der Waals surface area contributed by atoms with E-state index in [1.54, 1.807) is 44.4 Å². The first kappa shape index (κ1) is 20.1. The van der Waals surface area contributed by atoms with Gasteiger partial charge in [0.05, 0.1) is 19.1 Å². The first-order chi connectivity index (χ1) is 12.2. The summed E-state index contributed by atoms with van der Waals surface area (Å²) in [5.41, 5.74) is 1.87. The molecule has 0 saturated heterocycles. The van der Waals surface area contributed by atoms with Crippen molar-refractivity contribution in [2.45, 2.75) is 13.5 Å². The molecule has 2 aromatic carbocycles. The number of benzene rings is 2. The van der Waals surface area contributed by atoms with Crippen molar-refractivity contribution in [3.05, 3.63) is 58.6 Å². The molecular formula is C18H21ClN2O4S. The van der Waals surface area contributed by atoms with Gasteiger partial charge in [0.25, 0.3) is 0 Å². The molecule has 6 nitrogen and oxygen atoms in total. The summed E-state index contributed by atoms with van der Waals surface area (Å²) >= 11 is 6.08. The van der Waals surface area contributed by atoms with Gasteiger partial charge in [0.2, 0.25) is 15.9 Å². The van der Waals surface area contributed by atoms with Gasteiger partial charge < -0.3 is 10.1 Å². The number of hydrogen-bond donors (Lipinski definition) is 1. The Balaban J connectivity index is 2.10. The number of halogens is 1. The number of methoxy groups -OCH3 is 1. The van der Waals surface area contributed by atoms with Gasteiger partial charge in [-0.15, -0.1) is 0 Å². The summed E-state index contributed by atoms with van der Waals surface area (Å²) < 4.78 is 30.5. The van der Waals surface area contributed by atoms with Gasteiger partial charge >= 0.3 is 0 Å². The number of nitrogens with zero attached hydrogens (tertiary/aromatic N) is 1. The van der Waals surface area contributed by atoms with Crippen LogP contribution in [0.5, 0.6) is 5.75 Å². The lowest BCUT2D eigenvalue weighted by molar-refractivity contribution is -0.119. The molecule has 0 unspecified atom stereocenters. The lowest BCUT2D eigenvalue weighted by atomic mass is 10.2. The quantitative estimate of drug-likeness (QED) is 0.780. The monoisotopic (exact) mass is 396 g/mol. The minimum atomic E-state index is -3.65. The van der Waals surface area contributed by atoms with Crippen LogP contribution in [0.2, 0.25) is 5.02 Å². The number of carbonyl (C=O) groups excluding carboxylic acids is 1. The number of nitrogens with one attached hydrogen (secondary N) is 1. The van der Waals surface area contributed by atoms with Gasteiger partial charge in [-0.05, 0) is 42.3 Å². The predicted octanol–water partition coefficient (Wildman–Crippen LogP) is 2.74. The Kier molecular flexibility index (Phi) is 6.50. The van der Waals surface area contributed by atoms with Gasteiger partial charge in [-0.2, -0.15) is 0 Å². The summed E-state index contributed by atoms with van der Waals surface area (Å²) in [4.78, 5) is 12.3. The Morgan fingerprint density at radius 1 is 1.19 bits per heavy atom. The van der Waals surface area contributed by atoms with Crippen LogP contribution in [-0.2, 0) is 21.4 Å². The fourth-order valence-corrected chi connectivity index (χ4v) is 3.45. The number of rotatable bonds is 7. The molecular weight excluding hydrogens is 376 g/mol. The molecule has 2 rings (SSSR count). The molecule has 26 heavy (non-hydrogen) atoms. The molecule has 0 spiro atoms. The third-order valence-electron chi connectivity index (χ3n) is 3.84. The van der Waals surface area contributed by atoms with E-state index in [-0.39, 0.29) is 13.1 Å². The molecule has 2 aromatic rings. The third kappa shape index (κ3) is 5.12. The van der Waals surface area contributed by atoms with Crippen LogP contribution < -0.4 is 14.4 Å². The van der Waals surface area contributed by atoms with Crippen molar-refractivity contribution >= 4 is 33.2 Å². The van der Waals surface area contributed by atoms with Crippen LogP contribution >= 0.6 is 11.6 Å². The second kappa shape index (κ2) is 8.42. The minimum absolute atomic E-state index is 0.287. The first-order valence-corrected chi connectivity index (χ1v) is 10.1. The highest BCUT2D eigenvalue weighted by atomic mass is 35.5. The average molecular weight is 397 g/mol. The van der Waals surface area contributed by atoms with E-state index in [0.29, 0.717) is 16.3 Å². The second-order valence-corrected chi connectivity index (χ2v) is 8.09. The summed E-state index contributed by atoms with van der Waals surface area (Å²) in [6, 6.07) is 12.2. The van der Waals surface area contributed by atoms with E-state index in [4.69, 9.17) is 16.3 Å². The van der Waals surface area contributed by atoms with E-state index in [9.17, 15) is 13.2 Å². The number of amides is 1. The molecule has 1 N–H and O–H groups in total. The maximum absolute atomic E-state index is 12.3. The summed E-state index contributed by atoms with van der Waals surface area (Å²) in [5, 5.41) is 3.16. The standard InChI is InChI=1S/C18H21ClN2O4S/c1-13-16(19)5-4-6-17(13)21(26(3,23)24)12-18(22)20-11-14-7-9-15(25-2)10-8-14/h4-10H,11-12H2,1-3H3,(H,20,22). The molecule has 8 heteroatoms. The SMILES string of the molecule is COc1ccc(CNC(=O)CN(c2cccc(Cl)c2C)S(C)(=O)=O)cc1. The zero-order valence-electron chi connectivity index (χ0n) is 14.8. The fraction of sp³-hybridized carbons (Fsp3) is 0.278. The lowest BCUT2D eigenvalue weighted by Crippen LogP contribution is -2.40. The molecule has 1 amide bonds. The zero-order valence-corrected chi connectivity index (χ0v) is 16.4. The summed E-state index contributed by atoms with van der Waals surface area (Å²) in [5.74, 6) is 0.311. The Morgan fingerprint density at radius 2 is 1.85 bits per heavy atom. The van der Waals surface area contributed by atoms with E-state index in [1.807, 2.05) is 12.1 Å². The van der Waals surface area contributed by atoms with Gasteiger partial charge in [0.15, 0.2) is 0 Å². The molecule has 140 valence electrons. The van der Waals surface area contributed by atoms with E-state index in [0.717, 1.165) is 21.9 Å². The smallest absolute Gasteiger partial charge is 0.241 e. The molecule has 0 fully saturated rings. The highest BCUT2D eigenvalue weighted by molar-refractivity contribution is 7.92. The average Bonchev–Trinajstić information content (AvgIpc) is 2.60. The Bertz CT molecular complexity index is 883. The van der Waals surface area contributed by atoms with Gasteiger partial charge in [-0.1, -0.05) is 29.8 Å². The minimum Gasteiger partial charge on any atom is -0.497 e. The highest BCUT2D eigenvalue weighted by Crippen LogP contribution is 2.28. The van der Waals surface area contributed by atoms with Crippen molar-refractivity contribution < 1.29 is 17.9 Å². The first-order valence-electron chi connectivity index (χ1n) is 7.85. The van der Waals surface area contributed by atoms with Gasteiger partial charge in [0, 0.05) is 11.6 Å².